The topological polar surface area (TPSA) is 90.5 Å². The van der Waals surface area contributed by atoms with E-state index in [9.17, 15) is 14.0 Å². The molecule has 48 heavy (non-hydrogen) atoms. The molecular formula is C39H57FN4O4. The van der Waals surface area contributed by atoms with Crippen LogP contribution in [-0.2, 0) is 22.5 Å². The van der Waals surface area contributed by atoms with E-state index >= 15 is 0 Å². The Morgan fingerprint density at radius 1 is 0.938 bits per heavy atom. The Labute approximate surface area is 285 Å². The minimum atomic E-state index is -0.447. The fourth-order valence-corrected chi connectivity index (χ4v) is 7.58. The van der Waals surface area contributed by atoms with Gasteiger partial charge in [0, 0.05) is 48.1 Å². The molecule has 0 unspecified atom stereocenters. The first-order chi connectivity index (χ1) is 23.4. The minimum Gasteiger partial charge on any atom is -0.454 e. The second kappa shape index (κ2) is 18.6. The predicted molar refractivity (Wildman–Crippen MR) is 188 cm³/mol. The normalized spacial score (nSPS) is 17.2. The summed E-state index contributed by atoms with van der Waals surface area (Å²) in [6, 6.07) is 4.61. The number of aromatic nitrogens is 3. The van der Waals surface area contributed by atoms with Crippen molar-refractivity contribution in [3.05, 3.63) is 57.1 Å². The maximum Gasteiger partial charge on any atom is 0.306 e. The standard InChI is InChI=1S/C39H57FN4O4/c1-3-4-5-6-7-8-9-10-11-12-13-14-15-18-36(45)47-34-17-16-24-44-38(34)41-29(2)32(39(44)46)23-27-43-25-21-30(22-26-43)37-33-20-19-31(40)28-35(33)48-42-37/h19-20,28,30,34H,3-18,21-27H2,1-2H3/t34-/m0/s1. The number of hydrogen-bond acceptors (Lipinski definition) is 7. The maximum atomic E-state index is 13.6. The molecule has 0 spiro atoms. The van der Waals surface area contributed by atoms with Crippen molar-refractivity contribution in [1.29, 1.82) is 0 Å². The van der Waals surface area contributed by atoms with Gasteiger partial charge >= 0.3 is 5.97 Å². The number of rotatable bonds is 19. The second-order valence-electron chi connectivity index (χ2n) is 14.2. The lowest BCUT2D eigenvalue weighted by molar-refractivity contribution is -0.151. The Kier molecular flexibility index (Phi) is 14.1. The average Bonchev–Trinajstić information content (AvgIpc) is 3.50. The van der Waals surface area contributed by atoms with Gasteiger partial charge in [-0.05, 0) is 70.7 Å². The van der Waals surface area contributed by atoms with Crippen LogP contribution in [0.1, 0.15) is 157 Å². The van der Waals surface area contributed by atoms with Crippen LogP contribution in [0.2, 0.25) is 0 Å². The summed E-state index contributed by atoms with van der Waals surface area (Å²) in [7, 11) is 0. The van der Waals surface area contributed by atoms with E-state index in [1.807, 2.05) is 6.92 Å². The van der Waals surface area contributed by atoms with E-state index in [1.165, 1.54) is 82.8 Å². The molecule has 0 aliphatic carbocycles. The largest absolute Gasteiger partial charge is 0.454 e. The molecule has 1 atom stereocenters. The lowest BCUT2D eigenvalue weighted by Crippen LogP contribution is -2.38. The van der Waals surface area contributed by atoms with E-state index in [4.69, 9.17) is 14.2 Å². The van der Waals surface area contributed by atoms with Gasteiger partial charge in [-0.1, -0.05) is 89.1 Å². The number of aryl methyl sites for hydroxylation is 1. The molecule has 1 saturated heterocycles. The third-order valence-electron chi connectivity index (χ3n) is 10.5. The van der Waals surface area contributed by atoms with Crippen LogP contribution < -0.4 is 5.56 Å². The first kappa shape index (κ1) is 36.2. The van der Waals surface area contributed by atoms with Crippen molar-refractivity contribution in [2.45, 2.75) is 154 Å². The van der Waals surface area contributed by atoms with Gasteiger partial charge in [0.15, 0.2) is 17.5 Å². The van der Waals surface area contributed by atoms with Gasteiger partial charge in [-0.2, -0.15) is 0 Å². The summed E-state index contributed by atoms with van der Waals surface area (Å²) in [5.41, 5.74) is 2.91. The van der Waals surface area contributed by atoms with Crippen LogP contribution in [0.5, 0.6) is 0 Å². The Bertz CT molecular complexity index is 1510. The maximum absolute atomic E-state index is 13.6. The van der Waals surface area contributed by atoms with Gasteiger partial charge in [0.1, 0.15) is 5.82 Å². The van der Waals surface area contributed by atoms with Crippen molar-refractivity contribution in [2.24, 2.45) is 0 Å². The summed E-state index contributed by atoms with van der Waals surface area (Å²) < 4.78 is 26.6. The number of piperidine rings is 1. The van der Waals surface area contributed by atoms with Gasteiger partial charge in [-0.25, -0.2) is 9.37 Å². The van der Waals surface area contributed by atoms with E-state index in [1.54, 1.807) is 10.6 Å². The summed E-state index contributed by atoms with van der Waals surface area (Å²) in [5, 5.41) is 5.16. The summed E-state index contributed by atoms with van der Waals surface area (Å²) in [5.74, 6) is 0.378. The molecule has 2 aromatic heterocycles. The van der Waals surface area contributed by atoms with Crippen molar-refractivity contribution in [3.63, 3.8) is 0 Å². The van der Waals surface area contributed by atoms with Crippen molar-refractivity contribution >= 4 is 16.9 Å². The van der Waals surface area contributed by atoms with E-state index in [2.05, 4.69) is 17.0 Å². The highest BCUT2D eigenvalue weighted by atomic mass is 19.1. The average molecular weight is 665 g/mol. The second-order valence-corrected chi connectivity index (χ2v) is 14.2. The molecule has 2 aliphatic heterocycles. The Balaban J connectivity index is 1.02. The lowest BCUT2D eigenvalue weighted by Gasteiger charge is -2.31. The number of nitrogens with zero attached hydrogens (tertiary/aromatic N) is 4. The van der Waals surface area contributed by atoms with E-state index < -0.39 is 6.10 Å². The number of benzene rings is 1. The molecule has 264 valence electrons. The van der Waals surface area contributed by atoms with Gasteiger partial charge in [-0.15, -0.1) is 0 Å². The van der Waals surface area contributed by atoms with Crippen LogP contribution in [0.25, 0.3) is 11.0 Å². The van der Waals surface area contributed by atoms with Crippen LogP contribution in [0, 0.1) is 12.7 Å². The van der Waals surface area contributed by atoms with E-state index in [-0.39, 0.29) is 23.3 Å². The Morgan fingerprint density at radius 2 is 1.60 bits per heavy atom. The number of unbranched alkanes of at least 4 members (excludes halogenated alkanes) is 12. The number of fused-ring (bicyclic) bond motifs is 2. The Morgan fingerprint density at radius 3 is 2.29 bits per heavy atom. The van der Waals surface area contributed by atoms with Crippen LogP contribution in [0.15, 0.2) is 27.5 Å². The highest BCUT2D eigenvalue weighted by molar-refractivity contribution is 5.79. The van der Waals surface area contributed by atoms with Gasteiger partial charge in [0.05, 0.1) is 5.69 Å². The number of ether oxygens (including phenoxy) is 1. The molecule has 0 saturated carbocycles. The summed E-state index contributed by atoms with van der Waals surface area (Å²) in [6.45, 7) is 7.37. The molecule has 0 bridgehead atoms. The fraction of sp³-hybridized carbons (Fsp3) is 0.692. The molecule has 5 rings (SSSR count). The number of likely N-dealkylation sites (tertiary alicyclic amines) is 1. The van der Waals surface area contributed by atoms with Gasteiger partial charge < -0.3 is 14.2 Å². The molecule has 3 aromatic rings. The minimum absolute atomic E-state index is 0.00549. The molecule has 9 heteroatoms. The first-order valence-corrected chi connectivity index (χ1v) is 19.0. The zero-order chi connectivity index (χ0) is 33.7. The Hall–Kier alpha value is -3.07. The van der Waals surface area contributed by atoms with Gasteiger partial charge in [0.2, 0.25) is 0 Å². The van der Waals surface area contributed by atoms with E-state index in [0.29, 0.717) is 37.2 Å². The quantitative estimate of drug-likeness (QED) is 0.0933. The highest BCUT2D eigenvalue weighted by Gasteiger charge is 2.29. The van der Waals surface area contributed by atoms with Crippen LogP contribution >= 0.6 is 0 Å². The third kappa shape index (κ3) is 9.99. The van der Waals surface area contributed by atoms with Crippen LogP contribution in [0.4, 0.5) is 4.39 Å². The van der Waals surface area contributed by atoms with Crippen molar-refractivity contribution in [3.8, 4) is 0 Å². The monoisotopic (exact) mass is 664 g/mol. The zero-order valence-electron chi connectivity index (χ0n) is 29.5. The first-order valence-electron chi connectivity index (χ1n) is 19.0. The zero-order valence-corrected chi connectivity index (χ0v) is 29.5. The number of esters is 1. The van der Waals surface area contributed by atoms with Crippen molar-refractivity contribution in [1.82, 2.24) is 19.6 Å². The van der Waals surface area contributed by atoms with Crippen molar-refractivity contribution in [2.75, 3.05) is 19.6 Å². The molecule has 0 radical (unpaired) electrons. The van der Waals surface area contributed by atoms with E-state index in [0.717, 1.165) is 74.1 Å². The summed E-state index contributed by atoms with van der Waals surface area (Å²) in [6.07, 6.45) is 20.5. The third-order valence-corrected chi connectivity index (χ3v) is 10.5. The molecule has 8 nitrogen and oxygen atoms in total. The molecule has 4 heterocycles. The van der Waals surface area contributed by atoms with Crippen LogP contribution in [-0.4, -0.2) is 45.2 Å². The molecule has 0 amide bonds. The summed E-state index contributed by atoms with van der Waals surface area (Å²) >= 11 is 0. The van der Waals surface area contributed by atoms with Gasteiger partial charge in [0.25, 0.3) is 5.56 Å². The number of hydrogen-bond donors (Lipinski definition) is 0. The summed E-state index contributed by atoms with van der Waals surface area (Å²) in [4.78, 5) is 33.6. The fourth-order valence-electron chi connectivity index (χ4n) is 7.58. The van der Waals surface area contributed by atoms with Gasteiger partial charge in [-0.3, -0.25) is 14.2 Å². The number of halogens is 1. The van der Waals surface area contributed by atoms with Crippen molar-refractivity contribution < 1.29 is 18.4 Å². The van der Waals surface area contributed by atoms with Crippen LogP contribution in [0.3, 0.4) is 0 Å². The predicted octanol–water partition coefficient (Wildman–Crippen LogP) is 9.11. The SMILES string of the molecule is CCCCCCCCCCCCCCCC(=O)O[C@H]1CCCn2c1nc(C)c(CCN1CCC(c3noc4cc(F)ccc34)CC1)c2=O. The molecule has 1 aromatic carbocycles. The molecular weight excluding hydrogens is 607 g/mol. The molecule has 2 aliphatic rings. The molecule has 0 N–H and O–H groups in total. The smallest absolute Gasteiger partial charge is 0.306 e. The molecule has 1 fully saturated rings. The highest BCUT2D eigenvalue weighted by Crippen LogP contribution is 2.33. The number of carbonyl (C=O) groups excluding carboxylic acids is 1. The lowest BCUT2D eigenvalue weighted by atomic mass is 9.91. The number of carbonyl (C=O) groups is 1.